The molecule has 94 valence electrons. The van der Waals surface area contributed by atoms with Crippen LogP contribution in [0.25, 0.3) is 0 Å². The first-order chi connectivity index (χ1) is 8.20. The van der Waals surface area contributed by atoms with Crippen molar-refractivity contribution in [2.45, 2.75) is 26.0 Å². The van der Waals surface area contributed by atoms with E-state index in [0.29, 0.717) is 6.04 Å². The first-order valence-electron chi connectivity index (χ1n) is 6.07. The first kappa shape index (κ1) is 12.3. The highest BCUT2D eigenvalue weighted by Crippen LogP contribution is 2.15. The van der Waals surface area contributed by atoms with Gasteiger partial charge in [-0.1, -0.05) is 0 Å². The molecule has 1 fully saturated rings. The molecule has 0 radical (unpaired) electrons. The zero-order valence-electron chi connectivity index (χ0n) is 10.5. The molecule has 1 unspecified atom stereocenters. The smallest absolute Gasteiger partial charge is 0.225 e. The highest BCUT2D eigenvalue weighted by atomic mass is 16.3. The third-order valence-corrected chi connectivity index (χ3v) is 3.18. The third kappa shape index (κ3) is 2.92. The molecule has 0 bridgehead atoms. The summed E-state index contributed by atoms with van der Waals surface area (Å²) in [6.07, 6.45) is 4.53. The average molecular weight is 236 g/mol. The Balaban J connectivity index is 2.13. The van der Waals surface area contributed by atoms with Gasteiger partial charge in [-0.25, -0.2) is 9.97 Å². The molecule has 1 aromatic rings. The zero-order chi connectivity index (χ0) is 12.3. The van der Waals surface area contributed by atoms with Crippen molar-refractivity contribution >= 4 is 5.95 Å². The topological polar surface area (TPSA) is 52.5 Å². The molecule has 2 rings (SSSR count). The molecule has 2 heterocycles. The summed E-state index contributed by atoms with van der Waals surface area (Å²) in [4.78, 5) is 13.2. The quantitative estimate of drug-likeness (QED) is 0.810. The van der Waals surface area contributed by atoms with Crippen LogP contribution in [0.4, 0.5) is 5.95 Å². The summed E-state index contributed by atoms with van der Waals surface area (Å²) < 4.78 is 0. The Morgan fingerprint density at radius 1 is 1.35 bits per heavy atom. The van der Waals surface area contributed by atoms with Crippen LogP contribution < -0.4 is 4.90 Å². The number of aliphatic hydroxyl groups excluding tert-OH is 1. The van der Waals surface area contributed by atoms with E-state index in [0.717, 1.165) is 37.6 Å². The SMILES string of the molecule is CC1CN(C)CCCN1c1ncc(CO)cn1. The normalized spacial score (nSPS) is 22.5. The number of hydrogen-bond donors (Lipinski definition) is 1. The Bertz CT molecular complexity index is 354. The van der Waals surface area contributed by atoms with E-state index in [9.17, 15) is 0 Å². The van der Waals surface area contributed by atoms with Crippen molar-refractivity contribution in [2.75, 3.05) is 31.6 Å². The molecule has 5 heteroatoms. The second kappa shape index (κ2) is 5.42. The number of rotatable bonds is 2. The van der Waals surface area contributed by atoms with Gasteiger partial charge in [0.05, 0.1) is 6.61 Å². The molecule has 0 amide bonds. The van der Waals surface area contributed by atoms with Crippen molar-refractivity contribution < 1.29 is 5.11 Å². The average Bonchev–Trinajstić information content (AvgIpc) is 2.50. The lowest BCUT2D eigenvalue weighted by Gasteiger charge is -2.27. The Morgan fingerprint density at radius 2 is 2.06 bits per heavy atom. The summed E-state index contributed by atoms with van der Waals surface area (Å²) >= 11 is 0. The van der Waals surface area contributed by atoms with Gasteiger partial charge in [0, 0.05) is 37.1 Å². The lowest BCUT2D eigenvalue weighted by Crippen LogP contribution is -2.38. The summed E-state index contributed by atoms with van der Waals surface area (Å²) in [5.74, 6) is 0.769. The van der Waals surface area contributed by atoms with Crippen molar-refractivity contribution in [1.29, 1.82) is 0 Å². The van der Waals surface area contributed by atoms with E-state index in [4.69, 9.17) is 5.11 Å². The van der Waals surface area contributed by atoms with Crippen molar-refractivity contribution in [3.8, 4) is 0 Å². The van der Waals surface area contributed by atoms with Crippen molar-refractivity contribution in [3.05, 3.63) is 18.0 Å². The number of anilines is 1. The molecule has 0 aliphatic carbocycles. The van der Waals surface area contributed by atoms with E-state index >= 15 is 0 Å². The van der Waals surface area contributed by atoms with Gasteiger partial charge in [0.1, 0.15) is 0 Å². The van der Waals surface area contributed by atoms with Crippen molar-refractivity contribution in [3.63, 3.8) is 0 Å². The molecule has 17 heavy (non-hydrogen) atoms. The maximum Gasteiger partial charge on any atom is 0.225 e. The standard InChI is InChI=1S/C12H20N4O/c1-10-8-15(2)4-3-5-16(10)12-13-6-11(9-17)7-14-12/h6-7,10,17H,3-5,8-9H2,1-2H3. The summed E-state index contributed by atoms with van der Waals surface area (Å²) in [5, 5.41) is 8.97. The largest absolute Gasteiger partial charge is 0.392 e. The Labute approximate surface area is 102 Å². The molecule has 1 saturated heterocycles. The number of hydrogen-bond acceptors (Lipinski definition) is 5. The minimum atomic E-state index is -0.00142. The van der Waals surface area contributed by atoms with E-state index in [1.54, 1.807) is 12.4 Å². The van der Waals surface area contributed by atoms with Crippen molar-refractivity contribution in [1.82, 2.24) is 14.9 Å². The van der Waals surface area contributed by atoms with Gasteiger partial charge in [-0.3, -0.25) is 0 Å². The number of nitrogens with zero attached hydrogens (tertiary/aromatic N) is 4. The second-order valence-electron chi connectivity index (χ2n) is 4.71. The summed E-state index contributed by atoms with van der Waals surface area (Å²) in [6, 6.07) is 0.419. The van der Waals surface area contributed by atoms with Gasteiger partial charge in [0.25, 0.3) is 0 Å². The van der Waals surface area contributed by atoms with Crippen LogP contribution in [-0.2, 0) is 6.61 Å². The zero-order valence-corrected chi connectivity index (χ0v) is 10.5. The number of likely N-dealkylation sites (N-methyl/N-ethyl adjacent to an activating group) is 1. The lowest BCUT2D eigenvalue weighted by atomic mass is 10.3. The Kier molecular flexibility index (Phi) is 3.91. The van der Waals surface area contributed by atoms with Gasteiger partial charge in [0.15, 0.2) is 0 Å². The van der Waals surface area contributed by atoms with Crippen LogP contribution >= 0.6 is 0 Å². The van der Waals surface area contributed by atoms with E-state index < -0.39 is 0 Å². The molecule has 0 aromatic carbocycles. The fraction of sp³-hybridized carbons (Fsp3) is 0.667. The van der Waals surface area contributed by atoms with E-state index in [-0.39, 0.29) is 6.61 Å². The van der Waals surface area contributed by atoms with Gasteiger partial charge >= 0.3 is 0 Å². The van der Waals surface area contributed by atoms with Gasteiger partial charge in [0.2, 0.25) is 5.95 Å². The maximum absolute atomic E-state index is 8.97. The molecule has 0 saturated carbocycles. The van der Waals surface area contributed by atoms with Crippen LogP contribution in [0, 0.1) is 0 Å². The van der Waals surface area contributed by atoms with Crippen LogP contribution in [0.1, 0.15) is 18.9 Å². The fourth-order valence-electron chi connectivity index (χ4n) is 2.25. The molecular formula is C12H20N4O. The molecule has 0 spiro atoms. The lowest BCUT2D eigenvalue weighted by molar-refractivity contribution is 0.281. The molecule has 1 N–H and O–H groups in total. The molecule has 1 atom stereocenters. The molecule has 1 aromatic heterocycles. The first-order valence-corrected chi connectivity index (χ1v) is 6.07. The molecule has 1 aliphatic heterocycles. The second-order valence-corrected chi connectivity index (χ2v) is 4.71. The summed E-state index contributed by atoms with van der Waals surface area (Å²) in [5.41, 5.74) is 0.758. The minimum Gasteiger partial charge on any atom is -0.392 e. The van der Waals surface area contributed by atoms with Gasteiger partial charge in [-0.15, -0.1) is 0 Å². The predicted octanol–water partition coefficient (Wildman–Crippen LogP) is 0.499. The van der Waals surface area contributed by atoms with E-state index in [2.05, 4.69) is 33.7 Å². The third-order valence-electron chi connectivity index (χ3n) is 3.18. The summed E-state index contributed by atoms with van der Waals surface area (Å²) in [6.45, 7) is 5.34. The van der Waals surface area contributed by atoms with Crippen LogP contribution in [0.2, 0.25) is 0 Å². The van der Waals surface area contributed by atoms with Gasteiger partial charge < -0.3 is 14.9 Å². The van der Waals surface area contributed by atoms with E-state index in [1.807, 2.05) is 0 Å². The summed E-state index contributed by atoms with van der Waals surface area (Å²) in [7, 11) is 2.15. The molecule has 1 aliphatic rings. The monoisotopic (exact) mass is 236 g/mol. The van der Waals surface area contributed by atoms with Crippen LogP contribution in [0.5, 0.6) is 0 Å². The highest BCUT2D eigenvalue weighted by molar-refractivity contribution is 5.31. The highest BCUT2D eigenvalue weighted by Gasteiger charge is 2.21. The number of aromatic nitrogens is 2. The van der Waals surface area contributed by atoms with Gasteiger partial charge in [-0.2, -0.15) is 0 Å². The molecule has 5 nitrogen and oxygen atoms in total. The van der Waals surface area contributed by atoms with Crippen LogP contribution in [-0.4, -0.2) is 52.7 Å². The predicted molar refractivity (Wildman–Crippen MR) is 66.9 cm³/mol. The van der Waals surface area contributed by atoms with Crippen LogP contribution in [0.15, 0.2) is 12.4 Å². The fourth-order valence-corrected chi connectivity index (χ4v) is 2.25. The number of aliphatic hydroxyl groups is 1. The van der Waals surface area contributed by atoms with Gasteiger partial charge in [-0.05, 0) is 26.9 Å². The maximum atomic E-state index is 8.97. The Morgan fingerprint density at radius 3 is 2.71 bits per heavy atom. The van der Waals surface area contributed by atoms with Crippen molar-refractivity contribution in [2.24, 2.45) is 0 Å². The molecular weight excluding hydrogens is 216 g/mol. The van der Waals surface area contributed by atoms with Crippen LogP contribution in [0.3, 0.4) is 0 Å². The minimum absolute atomic E-state index is 0.00142. The Hall–Kier alpha value is -1.20. The van der Waals surface area contributed by atoms with E-state index in [1.165, 1.54) is 0 Å².